The summed E-state index contributed by atoms with van der Waals surface area (Å²) in [6.07, 6.45) is 4.69. The Morgan fingerprint density at radius 3 is 2.57 bits per heavy atom. The lowest BCUT2D eigenvalue weighted by molar-refractivity contribution is -0.145. The topological polar surface area (TPSA) is 55.6 Å². The Kier molecular flexibility index (Phi) is 5.90. The number of hydrogen-bond donors (Lipinski definition) is 1. The number of nitrogens with zero attached hydrogens (tertiary/aromatic N) is 1. The number of anilines is 2. The van der Waals surface area contributed by atoms with Crippen LogP contribution in [0.4, 0.5) is 11.4 Å². The van der Waals surface area contributed by atoms with E-state index in [1.165, 1.54) is 5.69 Å². The number of rotatable bonds is 6. The SMILES string of the molecule is CCCCOC(=O)CC1CCN(c2ccc(N)cc2)CC1. The molecule has 4 heteroatoms. The van der Waals surface area contributed by atoms with Gasteiger partial charge in [0.1, 0.15) is 0 Å². The highest BCUT2D eigenvalue weighted by Crippen LogP contribution is 2.26. The van der Waals surface area contributed by atoms with Crippen LogP contribution in [0.15, 0.2) is 24.3 Å². The smallest absolute Gasteiger partial charge is 0.306 e. The molecule has 1 aliphatic heterocycles. The second-order valence-electron chi connectivity index (χ2n) is 5.80. The molecule has 116 valence electrons. The number of esters is 1. The monoisotopic (exact) mass is 290 g/mol. The maximum Gasteiger partial charge on any atom is 0.306 e. The normalized spacial score (nSPS) is 16.0. The highest BCUT2D eigenvalue weighted by molar-refractivity contribution is 5.69. The Labute approximate surface area is 127 Å². The first kappa shape index (κ1) is 15.7. The largest absolute Gasteiger partial charge is 0.466 e. The minimum absolute atomic E-state index is 0.0330. The molecule has 0 unspecified atom stereocenters. The zero-order valence-electron chi connectivity index (χ0n) is 12.9. The van der Waals surface area contributed by atoms with Crippen LogP contribution in [0.3, 0.4) is 0 Å². The molecular formula is C17H26N2O2. The Morgan fingerprint density at radius 2 is 1.95 bits per heavy atom. The molecule has 21 heavy (non-hydrogen) atoms. The molecule has 2 rings (SSSR count). The lowest BCUT2D eigenvalue weighted by atomic mass is 9.93. The first-order valence-electron chi connectivity index (χ1n) is 7.95. The first-order valence-corrected chi connectivity index (χ1v) is 7.95. The molecule has 0 saturated carbocycles. The molecule has 2 N–H and O–H groups in total. The third-order valence-electron chi connectivity index (χ3n) is 4.09. The Balaban J connectivity index is 1.73. The van der Waals surface area contributed by atoms with Gasteiger partial charge in [0.05, 0.1) is 6.61 Å². The van der Waals surface area contributed by atoms with E-state index in [-0.39, 0.29) is 5.97 Å². The number of hydrogen-bond acceptors (Lipinski definition) is 4. The Bertz CT molecular complexity index is 437. The molecule has 4 nitrogen and oxygen atoms in total. The molecule has 1 aliphatic rings. The van der Waals surface area contributed by atoms with Gasteiger partial charge in [-0.3, -0.25) is 4.79 Å². The number of benzene rings is 1. The van der Waals surface area contributed by atoms with Crippen LogP contribution in [0.5, 0.6) is 0 Å². The van der Waals surface area contributed by atoms with Crippen molar-refractivity contribution in [2.45, 2.75) is 39.0 Å². The molecule has 1 saturated heterocycles. The van der Waals surface area contributed by atoms with Crippen LogP contribution in [0, 0.1) is 5.92 Å². The van der Waals surface area contributed by atoms with Crippen molar-refractivity contribution in [1.82, 2.24) is 0 Å². The fraction of sp³-hybridized carbons (Fsp3) is 0.588. The highest BCUT2D eigenvalue weighted by Gasteiger charge is 2.22. The molecule has 0 bridgehead atoms. The Hall–Kier alpha value is -1.71. The molecule has 0 aromatic heterocycles. The van der Waals surface area contributed by atoms with E-state index in [0.29, 0.717) is 18.9 Å². The van der Waals surface area contributed by atoms with Crippen molar-refractivity contribution in [1.29, 1.82) is 0 Å². The molecule has 0 aliphatic carbocycles. The van der Waals surface area contributed by atoms with Gasteiger partial charge in [0, 0.05) is 30.9 Å². The maximum atomic E-state index is 11.7. The molecule has 0 atom stereocenters. The zero-order chi connectivity index (χ0) is 15.1. The van der Waals surface area contributed by atoms with Crippen molar-refractivity contribution in [3.63, 3.8) is 0 Å². The summed E-state index contributed by atoms with van der Waals surface area (Å²) in [5.41, 5.74) is 7.72. The van der Waals surface area contributed by atoms with Crippen LogP contribution in [0.25, 0.3) is 0 Å². The summed E-state index contributed by atoms with van der Waals surface area (Å²) in [5.74, 6) is 0.429. The average Bonchev–Trinajstić information content (AvgIpc) is 2.49. The average molecular weight is 290 g/mol. The van der Waals surface area contributed by atoms with Crippen LogP contribution in [0.2, 0.25) is 0 Å². The van der Waals surface area contributed by atoms with Gasteiger partial charge in [0.2, 0.25) is 0 Å². The van der Waals surface area contributed by atoms with Gasteiger partial charge < -0.3 is 15.4 Å². The maximum absolute atomic E-state index is 11.7. The standard InChI is InChI=1S/C17H26N2O2/c1-2-3-12-21-17(20)13-14-8-10-19(11-9-14)16-6-4-15(18)5-7-16/h4-7,14H,2-3,8-13,18H2,1H3. The van der Waals surface area contributed by atoms with E-state index in [1.54, 1.807) is 0 Å². The molecule has 0 spiro atoms. The minimum Gasteiger partial charge on any atom is -0.466 e. The van der Waals surface area contributed by atoms with Crippen molar-refractivity contribution in [3.8, 4) is 0 Å². The van der Waals surface area contributed by atoms with Crippen molar-refractivity contribution in [3.05, 3.63) is 24.3 Å². The summed E-state index contributed by atoms with van der Waals surface area (Å²) >= 11 is 0. The zero-order valence-corrected chi connectivity index (χ0v) is 12.9. The van der Waals surface area contributed by atoms with Gasteiger partial charge in [-0.15, -0.1) is 0 Å². The van der Waals surface area contributed by atoms with Crippen LogP contribution in [0.1, 0.15) is 39.0 Å². The summed E-state index contributed by atoms with van der Waals surface area (Å²) in [6.45, 7) is 4.66. The minimum atomic E-state index is -0.0330. The number of carbonyl (C=O) groups is 1. The van der Waals surface area contributed by atoms with Gasteiger partial charge in [0.15, 0.2) is 0 Å². The van der Waals surface area contributed by atoms with E-state index in [1.807, 2.05) is 12.1 Å². The number of piperidine rings is 1. The van der Waals surface area contributed by atoms with E-state index in [9.17, 15) is 4.79 Å². The molecule has 0 radical (unpaired) electrons. The summed E-state index contributed by atoms with van der Waals surface area (Å²) in [6, 6.07) is 8.00. The van der Waals surface area contributed by atoms with E-state index in [2.05, 4.69) is 24.0 Å². The molecule has 1 aromatic carbocycles. The van der Waals surface area contributed by atoms with E-state index < -0.39 is 0 Å². The summed E-state index contributed by atoms with van der Waals surface area (Å²) < 4.78 is 5.24. The van der Waals surface area contributed by atoms with Crippen LogP contribution >= 0.6 is 0 Å². The number of nitrogens with two attached hydrogens (primary N) is 1. The Morgan fingerprint density at radius 1 is 1.29 bits per heavy atom. The second-order valence-corrected chi connectivity index (χ2v) is 5.80. The first-order chi connectivity index (χ1) is 10.2. The van der Waals surface area contributed by atoms with Crippen molar-refractivity contribution < 1.29 is 9.53 Å². The fourth-order valence-corrected chi connectivity index (χ4v) is 2.71. The lowest BCUT2D eigenvalue weighted by Gasteiger charge is -2.33. The van der Waals surface area contributed by atoms with Crippen LogP contribution in [-0.4, -0.2) is 25.7 Å². The van der Waals surface area contributed by atoms with Gasteiger partial charge in [-0.1, -0.05) is 13.3 Å². The quantitative estimate of drug-likeness (QED) is 0.496. The summed E-state index contributed by atoms with van der Waals surface area (Å²) in [4.78, 5) is 14.1. The van der Waals surface area contributed by atoms with Gasteiger partial charge >= 0.3 is 5.97 Å². The molecule has 1 aromatic rings. The van der Waals surface area contributed by atoms with Crippen molar-refractivity contribution in [2.75, 3.05) is 30.3 Å². The van der Waals surface area contributed by atoms with Crippen molar-refractivity contribution in [2.24, 2.45) is 5.92 Å². The van der Waals surface area contributed by atoms with Gasteiger partial charge in [0.25, 0.3) is 0 Å². The predicted molar refractivity (Wildman–Crippen MR) is 86.3 cm³/mol. The fourth-order valence-electron chi connectivity index (χ4n) is 2.71. The van der Waals surface area contributed by atoms with Gasteiger partial charge in [-0.2, -0.15) is 0 Å². The number of carbonyl (C=O) groups excluding carboxylic acids is 1. The molecule has 1 fully saturated rings. The van der Waals surface area contributed by atoms with E-state index in [0.717, 1.165) is 44.5 Å². The third kappa shape index (κ3) is 4.96. The number of unbranched alkanes of at least 4 members (excludes halogenated alkanes) is 1. The molecular weight excluding hydrogens is 264 g/mol. The van der Waals surface area contributed by atoms with Gasteiger partial charge in [-0.25, -0.2) is 0 Å². The lowest BCUT2D eigenvalue weighted by Crippen LogP contribution is -2.34. The van der Waals surface area contributed by atoms with Crippen LogP contribution in [-0.2, 0) is 9.53 Å². The molecule has 0 amide bonds. The summed E-state index contributed by atoms with van der Waals surface area (Å²) in [7, 11) is 0. The number of ether oxygens (including phenoxy) is 1. The van der Waals surface area contributed by atoms with E-state index in [4.69, 9.17) is 10.5 Å². The summed E-state index contributed by atoms with van der Waals surface area (Å²) in [5, 5.41) is 0. The molecule has 1 heterocycles. The van der Waals surface area contributed by atoms with E-state index >= 15 is 0 Å². The third-order valence-corrected chi connectivity index (χ3v) is 4.09. The van der Waals surface area contributed by atoms with Crippen LogP contribution < -0.4 is 10.6 Å². The van der Waals surface area contributed by atoms with Crippen molar-refractivity contribution >= 4 is 17.3 Å². The number of nitrogen functional groups attached to an aromatic ring is 1. The second kappa shape index (κ2) is 7.91. The van der Waals surface area contributed by atoms with Gasteiger partial charge in [-0.05, 0) is 49.4 Å². The highest BCUT2D eigenvalue weighted by atomic mass is 16.5. The predicted octanol–water partition coefficient (Wildman–Crippen LogP) is 3.22.